The Labute approximate surface area is 210 Å². The third-order valence-electron chi connectivity index (χ3n) is 6.43. The van der Waals surface area contributed by atoms with Gasteiger partial charge in [0, 0.05) is 45.5 Å². The molecule has 3 heterocycles. The highest BCUT2D eigenvalue weighted by atomic mass is 32.1. The molecule has 186 valence electrons. The molecule has 3 amide bonds. The van der Waals surface area contributed by atoms with Crippen LogP contribution in [0.3, 0.4) is 0 Å². The van der Waals surface area contributed by atoms with Crippen LogP contribution in [0.5, 0.6) is 0 Å². The maximum absolute atomic E-state index is 13.2. The number of thiophene rings is 1. The fraction of sp³-hybridized carbons (Fsp3) is 0.423. The lowest BCUT2D eigenvalue weighted by atomic mass is 9.93. The van der Waals surface area contributed by atoms with E-state index in [1.54, 1.807) is 14.0 Å². The average Bonchev–Trinajstić information content (AvgIpc) is 3.28. The van der Waals surface area contributed by atoms with Crippen LogP contribution in [0.1, 0.15) is 40.2 Å². The first-order valence-corrected chi connectivity index (χ1v) is 12.8. The molecule has 1 aromatic heterocycles. The van der Waals surface area contributed by atoms with Crippen LogP contribution in [-0.4, -0.2) is 79.0 Å². The molecule has 2 aromatic rings. The fourth-order valence-electron chi connectivity index (χ4n) is 4.60. The summed E-state index contributed by atoms with van der Waals surface area (Å²) in [7, 11) is 1.68. The summed E-state index contributed by atoms with van der Waals surface area (Å²) in [4.78, 5) is 45.3. The number of esters is 1. The zero-order chi connectivity index (χ0) is 24.9. The van der Waals surface area contributed by atoms with E-state index < -0.39 is 12.0 Å². The van der Waals surface area contributed by atoms with Gasteiger partial charge in [0.25, 0.3) is 5.91 Å². The fourth-order valence-corrected chi connectivity index (χ4v) is 5.29. The normalized spacial score (nSPS) is 19.4. The van der Waals surface area contributed by atoms with E-state index in [2.05, 4.69) is 10.2 Å². The number of ether oxygens (including phenoxy) is 1. The van der Waals surface area contributed by atoms with Crippen LogP contribution in [0.15, 0.2) is 53.0 Å². The highest BCUT2D eigenvalue weighted by molar-refractivity contribution is 7.12. The Bertz CT molecular complexity index is 1110. The minimum Gasteiger partial charge on any atom is -0.463 e. The van der Waals surface area contributed by atoms with E-state index in [0.717, 1.165) is 29.0 Å². The Morgan fingerprint density at radius 3 is 2.69 bits per heavy atom. The van der Waals surface area contributed by atoms with Gasteiger partial charge < -0.3 is 15.0 Å². The van der Waals surface area contributed by atoms with Crippen molar-refractivity contribution in [2.75, 3.05) is 46.4 Å². The number of nitrogens with zero attached hydrogens (tertiary/aromatic N) is 3. The van der Waals surface area contributed by atoms with Gasteiger partial charge in [0.2, 0.25) is 0 Å². The number of benzene rings is 1. The number of rotatable bonds is 6. The van der Waals surface area contributed by atoms with Gasteiger partial charge in [-0.3, -0.25) is 14.6 Å². The molecule has 1 fully saturated rings. The average molecular weight is 497 g/mol. The molecule has 8 nitrogen and oxygen atoms in total. The standard InChI is InChI=1S/C26H32N4O4S/c1-4-34-25(32)22-20(28(3)26(33)27-23(22)19-9-5-8-18(2)16-19)17-29-11-7-12-30(14-13-29)24(31)21-10-6-15-35-21/h5-6,8-10,15-16,23H,4,7,11-14,17H2,1-3H3,(H,27,33). The van der Waals surface area contributed by atoms with Crippen molar-refractivity contribution in [2.24, 2.45) is 0 Å². The molecule has 2 aliphatic heterocycles. The second-order valence-electron chi connectivity index (χ2n) is 8.84. The van der Waals surface area contributed by atoms with E-state index in [0.29, 0.717) is 37.4 Å². The number of likely N-dealkylation sites (N-methyl/N-ethyl adjacent to an activating group) is 1. The third kappa shape index (κ3) is 5.57. The Kier molecular flexibility index (Phi) is 7.87. The van der Waals surface area contributed by atoms with Gasteiger partial charge in [-0.1, -0.05) is 35.9 Å². The molecule has 35 heavy (non-hydrogen) atoms. The Balaban J connectivity index is 1.61. The van der Waals surface area contributed by atoms with E-state index >= 15 is 0 Å². The molecule has 0 aliphatic carbocycles. The molecule has 1 N–H and O–H groups in total. The first-order chi connectivity index (χ1) is 16.9. The molecule has 0 saturated carbocycles. The minimum atomic E-state index is -0.587. The lowest BCUT2D eigenvalue weighted by molar-refractivity contribution is -0.139. The number of urea groups is 1. The largest absolute Gasteiger partial charge is 0.463 e. The van der Waals surface area contributed by atoms with Gasteiger partial charge in [-0.05, 0) is 37.3 Å². The first-order valence-electron chi connectivity index (χ1n) is 11.9. The lowest BCUT2D eigenvalue weighted by Crippen LogP contribution is -2.49. The highest BCUT2D eigenvalue weighted by Gasteiger charge is 2.37. The molecule has 1 atom stereocenters. The summed E-state index contributed by atoms with van der Waals surface area (Å²) in [5.41, 5.74) is 2.98. The van der Waals surface area contributed by atoms with Gasteiger partial charge in [0.1, 0.15) is 0 Å². The first kappa shape index (κ1) is 24.9. The van der Waals surface area contributed by atoms with Crippen molar-refractivity contribution in [1.82, 2.24) is 20.0 Å². The van der Waals surface area contributed by atoms with Crippen molar-refractivity contribution in [2.45, 2.75) is 26.3 Å². The maximum Gasteiger partial charge on any atom is 0.338 e. The number of carbonyl (C=O) groups excluding carboxylic acids is 3. The number of hydrogen-bond acceptors (Lipinski definition) is 6. The van der Waals surface area contributed by atoms with Crippen molar-refractivity contribution in [3.05, 3.63) is 69.1 Å². The van der Waals surface area contributed by atoms with Crippen molar-refractivity contribution >= 4 is 29.2 Å². The smallest absolute Gasteiger partial charge is 0.338 e. The zero-order valence-corrected chi connectivity index (χ0v) is 21.3. The van der Waals surface area contributed by atoms with Gasteiger partial charge in [-0.15, -0.1) is 11.3 Å². The lowest BCUT2D eigenvalue weighted by Gasteiger charge is -2.36. The van der Waals surface area contributed by atoms with Gasteiger partial charge in [-0.25, -0.2) is 9.59 Å². The van der Waals surface area contributed by atoms with Crippen LogP contribution >= 0.6 is 11.3 Å². The molecular formula is C26H32N4O4S. The Hall–Kier alpha value is -3.17. The monoisotopic (exact) mass is 496 g/mol. The number of nitrogens with one attached hydrogen (secondary N) is 1. The SMILES string of the molecule is CCOC(=O)C1=C(CN2CCCN(C(=O)c3cccs3)CC2)N(C)C(=O)NC1c1cccc(C)c1. The molecule has 1 aromatic carbocycles. The van der Waals surface area contributed by atoms with Crippen molar-refractivity contribution in [1.29, 1.82) is 0 Å². The molecular weight excluding hydrogens is 464 g/mol. The molecule has 0 spiro atoms. The summed E-state index contributed by atoms with van der Waals surface area (Å²) in [6.45, 7) is 7.11. The summed E-state index contributed by atoms with van der Waals surface area (Å²) < 4.78 is 5.44. The van der Waals surface area contributed by atoms with Crippen LogP contribution < -0.4 is 5.32 Å². The minimum absolute atomic E-state index is 0.0574. The molecule has 0 bridgehead atoms. The predicted octanol–water partition coefficient (Wildman–Crippen LogP) is 3.42. The molecule has 1 saturated heterocycles. The van der Waals surface area contributed by atoms with Gasteiger partial charge in [0.05, 0.1) is 23.1 Å². The van der Waals surface area contributed by atoms with Crippen LogP contribution in [0.2, 0.25) is 0 Å². The van der Waals surface area contributed by atoms with E-state index in [1.807, 2.05) is 53.6 Å². The van der Waals surface area contributed by atoms with Crippen molar-refractivity contribution in [3.63, 3.8) is 0 Å². The molecule has 4 rings (SSSR count). The Morgan fingerprint density at radius 2 is 1.97 bits per heavy atom. The van der Waals surface area contributed by atoms with E-state index in [1.165, 1.54) is 16.2 Å². The van der Waals surface area contributed by atoms with Crippen LogP contribution in [0.4, 0.5) is 4.79 Å². The summed E-state index contributed by atoms with van der Waals surface area (Å²) in [6, 6.07) is 10.7. The topological polar surface area (TPSA) is 82.2 Å². The quantitative estimate of drug-likeness (QED) is 0.620. The van der Waals surface area contributed by atoms with Crippen molar-refractivity contribution < 1.29 is 19.1 Å². The second kappa shape index (κ2) is 11.0. The summed E-state index contributed by atoms with van der Waals surface area (Å²) in [6.07, 6.45) is 0.816. The van der Waals surface area contributed by atoms with Crippen LogP contribution in [0.25, 0.3) is 0 Å². The molecule has 9 heteroatoms. The molecule has 2 aliphatic rings. The van der Waals surface area contributed by atoms with Gasteiger partial charge in [0.15, 0.2) is 0 Å². The number of aryl methyl sites for hydroxylation is 1. The number of carbonyl (C=O) groups is 3. The summed E-state index contributed by atoms with van der Waals surface area (Å²) in [5, 5.41) is 4.89. The Morgan fingerprint density at radius 1 is 1.14 bits per heavy atom. The molecule has 1 unspecified atom stereocenters. The van der Waals surface area contributed by atoms with Crippen LogP contribution in [-0.2, 0) is 9.53 Å². The highest BCUT2D eigenvalue weighted by Crippen LogP contribution is 2.32. The number of hydrogen-bond donors (Lipinski definition) is 1. The predicted molar refractivity (Wildman–Crippen MR) is 135 cm³/mol. The van der Waals surface area contributed by atoms with Crippen molar-refractivity contribution in [3.8, 4) is 0 Å². The zero-order valence-electron chi connectivity index (χ0n) is 20.5. The van der Waals surface area contributed by atoms with Gasteiger partial charge in [-0.2, -0.15) is 0 Å². The van der Waals surface area contributed by atoms with E-state index in [9.17, 15) is 14.4 Å². The van der Waals surface area contributed by atoms with E-state index in [-0.39, 0.29) is 18.5 Å². The maximum atomic E-state index is 13.2. The summed E-state index contributed by atoms with van der Waals surface area (Å²) in [5.74, 6) is -0.368. The molecule has 0 radical (unpaired) electrons. The second-order valence-corrected chi connectivity index (χ2v) is 9.78. The summed E-state index contributed by atoms with van der Waals surface area (Å²) >= 11 is 1.45. The van der Waals surface area contributed by atoms with Gasteiger partial charge >= 0.3 is 12.0 Å². The van der Waals surface area contributed by atoms with Crippen LogP contribution in [0, 0.1) is 6.92 Å². The number of amides is 3. The van der Waals surface area contributed by atoms with E-state index in [4.69, 9.17) is 4.74 Å². The third-order valence-corrected chi connectivity index (χ3v) is 7.29.